The average Bonchev–Trinajstić information content (AvgIpc) is 3.36. The van der Waals surface area contributed by atoms with E-state index in [0.29, 0.717) is 7.48 Å². The zero-order valence-electron chi connectivity index (χ0n) is 22.4. The van der Waals surface area contributed by atoms with E-state index in [0.717, 1.165) is 51.4 Å². The van der Waals surface area contributed by atoms with Crippen LogP contribution in [0.1, 0.15) is 68.5 Å². The van der Waals surface area contributed by atoms with Crippen molar-refractivity contribution >= 4 is 24.3 Å². The summed E-state index contributed by atoms with van der Waals surface area (Å²) in [6.45, 7) is 7.39. The van der Waals surface area contributed by atoms with Gasteiger partial charge in [0.2, 0.25) is 0 Å². The minimum absolute atomic E-state index is 0.179. The molecule has 2 atom stereocenters. The number of anilines is 1. The molecular weight excluding hydrogens is 471 g/mol. The van der Waals surface area contributed by atoms with E-state index in [9.17, 15) is 5.11 Å². The topological polar surface area (TPSA) is 63.1 Å². The second-order valence-corrected chi connectivity index (χ2v) is 11.3. The summed E-state index contributed by atoms with van der Waals surface area (Å²) >= 11 is 0. The van der Waals surface area contributed by atoms with Crippen LogP contribution < -0.4 is 15.5 Å². The monoisotopic (exact) mass is 504 g/mol. The van der Waals surface area contributed by atoms with Crippen LogP contribution in [0.5, 0.6) is 5.75 Å². The van der Waals surface area contributed by atoms with Crippen molar-refractivity contribution in [2.75, 3.05) is 5.32 Å². The Kier molecular flexibility index (Phi) is 6.05. The van der Waals surface area contributed by atoms with E-state index < -0.39 is 11.2 Å². The molecular formula is C32H33BN2O3. The van der Waals surface area contributed by atoms with E-state index in [1.165, 1.54) is 5.56 Å². The highest BCUT2D eigenvalue weighted by Crippen LogP contribution is 2.50. The molecule has 6 heteroatoms. The molecule has 2 N–H and O–H groups in total. The third-order valence-corrected chi connectivity index (χ3v) is 8.08. The second-order valence-electron chi connectivity index (χ2n) is 11.3. The van der Waals surface area contributed by atoms with Crippen LogP contribution in [-0.4, -0.2) is 29.5 Å². The van der Waals surface area contributed by atoms with E-state index in [2.05, 4.69) is 72.1 Å². The number of benzene rings is 3. The summed E-state index contributed by atoms with van der Waals surface area (Å²) in [6.07, 6.45) is 7.13. The zero-order valence-corrected chi connectivity index (χ0v) is 22.4. The summed E-state index contributed by atoms with van der Waals surface area (Å²) in [5.74, 6) is 1.06. The molecule has 5 nitrogen and oxygen atoms in total. The SMILES string of the molecule is CC(C)(O)C(C)(C)OBc1cccc(C2=NC3=CC=CCC3c3c2ccc2c3NC(c3ccccc3)O2)c1. The lowest BCUT2D eigenvalue weighted by molar-refractivity contribution is -0.0893. The van der Waals surface area contributed by atoms with Gasteiger partial charge in [-0.25, -0.2) is 0 Å². The second kappa shape index (κ2) is 9.30. The van der Waals surface area contributed by atoms with Crippen molar-refractivity contribution in [3.05, 3.63) is 113 Å². The lowest BCUT2D eigenvalue weighted by Crippen LogP contribution is -2.49. The third kappa shape index (κ3) is 4.38. The van der Waals surface area contributed by atoms with Gasteiger partial charge < -0.3 is 19.8 Å². The fourth-order valence-corrected chi connectivity index (χ4v) is 5.14. The van der Waals surface area contributed by atoms with Gasteiger partial charge in [0.1, 0.15) is 5.75 Å². The van der Waals surface area contributed by atoms with Crippen LogP contribution in [0.15, 0.2) is 95.6 Å². The molecule has 0 saturated heterocycles. The normalized spacial score (nSPS) is 19.8. The van der Waals surface area contributed by atoms with Crippen LogP contribution in [-0.2, 0) is 4.65 Å². The molecule has 0 radical (unpaired) electrons. The predicted octanol–water partition coefficient (Wildman–Crippen LogP) is 5.51. The van der Waals surface area contributed by atoms with Gasteiger partial charge in [-0.3, -0.25) is 4.99 Å². The summed E-state index contributed by atoms with van der Waals surface area (Å²) in [7, 11) is 0.400. The van der Waals surface area contributed by atoms with Gasteiger partial charge in [0, 0.05) is 28.3 Å². The molecule has 0 saturated carbocycles. The zero-order chi connectivity index (χ0) is 26.5. The number of nitrogens with one attached hydrogen (secondary N) is 1. The lowest BCUT2D eigenvalue weighted by Gasteiger charge is -2.37. The summed E-state index contributed by atoms with van der Waals surface area (Å²) in [6, 6.07) is 22.8. The summed E-state index contributed by atoms with van der Waals surface area (Å²) in [5, 5.41) is 14.2. The van der Waals surface area contributed by atoms with Crippen LogP contribution in [0, 0.1) is 0 Å². The van der Waals surface area contributed by atoms with E-state index in [4.69, 9.17) is 14.4 Å². The van der Waals surface area contributed by atoms with Crippen LogP contribution in [0.2, 0.25) is 0 Å². The first-order valence-corrected chi connectivity index (χ1v) is 13.3. The minimum atomic E-state index is -0.958. The van der Waals surface area contributed by atoms with Crippen LogP contribution >= 0.6 is 0 Å². The number of fused-ring (bicyclic) bond motifs is 5. The highest BCUT2D eigenvalue weighted by Gasteiger charge is 2.37. The first kappa shape index (κ1) is 24.7. The number of ether oxygens (including phenoxy) is 1. The van der Waals surface area contributed by atoms with Crippen LogP contribution in [0.4, 0.5) is 5.69 Å². The fourth-order valence-electron chi connectivity index (χ4n) is 5.14. The van der Waals surface area contributed by atoms with Crippen molar-refractivity contribution in [3.63, 3.8) is 0 Å². The quantitative estimate of drug-likeness (QED) is 0.435. The van der Waals surface area contributed by atoms with Crippen LogP contribution in [0.25, 0.3) is 0 Å². The summed E-state index contributed by atoms with van der Waals surface area (Å²) < 4.78 is 12.5. The highest BCUT2D eigenvalue weighted by molar-refractivity contribution is 6.47. The largest absolute Gasteiger partial charge is 0.464 e. The molecule has 38 heavy (non-hydrogen) atoms. The molecule has 6 rings (SSSR count). The molecule has 0 aromatic heterocycles. The molecule has 2 heterocycles. The third-order valence-electron chi connectivity index (χ3n) is 8.08. The number of allylic oxidation sites excluding steroid dienone is 4. The Labute approximate surface area is 225 Å². The van der Waals surface area contributed by atoms with E-state index in [1.807, 2.05) is 32.0 Å². The summed E-state index contributed by atoms with van der Waals surface area (Å²) in [5.41, 5.74) is 6.98. The van der Waals surface area contributed by atoms with Gasteiger partial charge in [0.15, 0.2) is 6.23 Å². The molecule has 3 aliphatic rings. The van der Waals surface area contributed by atoms with E-state index in [1.54, 1.807) is 13.8 Å². The maximum absolute atomic E-state index is 10.5. The predicted molar refractivity (Wildman–Crippen MR) is 155 cm³/mol. The maximum atomic E-state index is 10.5. The number of hydrogen-bond donors (Lipinski definition) is 2. The standard InChI is InChI=1S/C32H33BN2O3/c1-31(2,36)32(3,4)38-33-22-14-10-13-21(19-22)28-24-17-18-26-29(27(24)23-15-8-9-16-25(23)34-28)35-30(37-26)20-11-6-5-7-12-20/h5-14,16-19,23,30,33,35-36H,15H2,1-4H3. The van der Waals surface area contributed by atoms with Crippen LogP contribution in [0.3, 0.4) is 0 Å². The van der Waals surface area contributed by atoms with Crippen molar-refractivity contribution in [1.29, 1.82) is 0 Å². The van der Waals surface area contributed by atoms with Crippen molar-refractivity contribution in [3.8, 4) is 5.75 Å². The lowest BCUT2D eigenvalue weighted by atomic mass is 9.78. The molecule has 2 unspecified atom stereocenters. The Hall–Kier alpha value is -3.61. The Balaban J connectivity index is 1.37. The number of aliphatic hydroxyl groups is 1. The van der Waals surface area contributed by atoms with Gasteiger partial charge in [-0.05, 0) is 57.9 Å². The fraction of sp³-hybridized carbons (Fsp3) is 0.281. The molecule has 0 fully saturated rings. The Bertz CT molecular complexity index is 1470. The molecule has 192 valence electrons. The summed E-state index contributed by atoms with van der Waals surface area (Å²) in [4.78, 5) is 5.18. The van der Waals surface area contributed by atoms with E-state index >= 15 is 0 Å². The van der Waals surface area contributed by atoms with Gasteiger partial charge >= 0.3 is 7.48 Å². The Morgan fingerprint density at radius 2 is 1.84 bits per heavy atom. The van der Waals surface area contributed by atoms with Crippen molar-refractivity contribution in [2.24, 2.45) is 4.99 Å². The van der Waals surface area contributed by atoms with Gasteiger partial charge in [0.05, 0.1) is 22.6 Å². The van der Waals surface area contributed by atoms with Crippen molar-refractivity contribution in [1.82, 2.24) is 0 Å². The molecule has 2 aliphatic heterocycles. The Morgan fingerprint density at radius 1 is 1.03 bits per heavy atom. The number of rotatable bonds is 6. The first-order chi connectivity index (χ1) is 18.2. The molecule has 0 spiro atoms. The van der Waals surface area contributed by atoms with E-state index in [-0.39, 0.29) is 12.1 Å². The van der Waals surface area contributed by atoms with Crippen molar-refractivity contribution in [2.45, 2.75) is 57.5 Å². The molecule has 1 aliphatic carbocycles. The average molecular weight is 504 g/mol. The number of hydrogen-bond acceptors (Lipinski definition) is 5. The van der Waals surface area contributed by atoms with Crippen molar-refractivity contribution < 1.29 is 14.5 Å². The first-order valence-electron chi connectivity index (χ1n) is 13.3. The molecule has 0 bridgehead atoms. The number of aliphatic imine (C=N–C) groups is 1. The minimum Gasteiger partial charge on any atom is -0.464 e. The molecule has 3 aromatic carbocycles. The van der Waals surface area contributed by atoms with Gasteiger partial charge in [-0.2, -0.15) is 0 Å². The smallest absolute Gasteiger partial charge is 0.309 e. The number of nitrogens with zero attached hydrogens (tertiary/aromatic N) is 1. The highest BCUT2D eigenvalue weighted by atomic mass is 16.5. The molecule has 3 aromatic rings. The van der Waals surface area contributed by atoms with Gasteiger partial charge in [0.25, 0.3) is 0 Å². The molecule has 0 amide bonds. The van der Waals surface area contributed by atoms with Gasteiger partial charge in [-0.15, -0.1) is 0 Å². The Morgan fingerprint density at radius 3 is 2.63 bits per heavy atom. The van der Waals surface area contributed by atoms with Gasteiger partial charge in [-0.1, -0.05) is 72.2 Å². The maximum Gasteiger partial charge on any atom is 0.309 e.